The van der Waals surface area contributed by atoms with Gasteiger partial charge in [0.2, 0.25) is 0 Å². The minimum absolute atomic E-state index is 0.101. The minimum Gasteiger partial charge on any atom is -0.479 e. The van der Waals surface area contributed by atoms with Crippen molar-refractivity contribution in [2.45, 2.75) is 64.3 Å². The zero-order valence-electron chi connectivity index (χ0n) is 19.6. The maximum atomic E-state index is 12.9. The Hall–Kier alpha value is -2.92. The van der Waals surface area contributed by atoms with E-state index in [1.165, 1.54) is 11.9 Å². The highest BCUT2D eigenvalue weighted by molar-refractivity contribution is 5.91. The number of carboxylic acids is 1. The maximum absolute atomic E-state index is 12.9. The Bertz CT molecular complexity index is 896. The van der Waals surface area contributed by atoms with Gasteiger partial charge in [-0.3, -0.25) is 19.7 Å². The standard InChI is InChI=1S/C22H33N5O6/c1-21(2,3)33-20(32)26-12-18(29)27(22(4,14-26)19(30)31)24-15-6-9-25(10-7-15)17-5-8-23-16(11-17)13-28/h5,8,11,15,24,28H,6-7,9-10,12-14H2,1-4H3,(H,30,31). The average molecular weight is 464 g/mol. The molecule has 11 nitrogen and oxygen atoms in total. The number of piperidine rings is 1. The third kappa shape index (κ3) is 5.72. The number of carbonyl (C=O) groups excluding carboxylic acids is 2. The summed E-state index contributed by atoms with van der Waals surface area (Å²) in [6, 6.07) is 3.62. The molecule has 0 aliphatic carbocycles. The van der Waals surface area contributed by atoms with Gasteiger partial charge in [0.05, 0.1) is 18.8 Å². The number of piperazine rings is 1. The first-order chi connectivity index (χ1) is 15.4. The molecule has 182 valence electrons. The molecule has 2 fully saturated rings. The van der Waals surface area contributed by atoms with E-state index in [2.05, 4.69) is 15.3 Å². The summed E-state index contributed by atoms with van der Waals surface area (Å²) in [7, 11) is 0. The van der Waals surface area contributed by atoms with Crippen LogP contribution in [0.15, 0.2) is 18.3 Å². The molecule has 3 rings (SSSR count). The highest BCUT2D eigenvalue weighted by atomic mass is 16.6. The monoisotopic (exact) mass is 463 g/mol. The lowest BCUT2D eigenvalue weighted by Crippen LogP contribution is -2.72. The summed E-state index contributed by atoms with van der Waals surface area (Å²) in [5.74, 6) is -1.71. The lowest BCUT2D eigenvalue weighted by molar-refractivity contribution is -0.171. The Morgan fingerprint density at radius 2 is 1.97 bits per heavy atom. The van der Waals surface area contributed by atoms with Crippen LogP contribution in [0.3, 0.4) is 0 Å². The fraction of sp³-hybridized carbons (Fsp3) is 0.636. The van der Waals surface area contributed by atoms with Gasteiger partial charge >= 0.3 is 12.1 Å². The van der Waals surface area contributed by atoms with Gasteiger partial charge in [-0.1, -0.05) is 0 Å². The number of amides is 2. The normalized spacial score (nSPS) is 22.5. The van der Waals surface area contributed by atoms with E-state index in [-0.39, 0.29) is 25.7 Å². The number of carboxylic acid groups (broad SMARTS) is 1. The molecule has 33 heavy (non-hydrogen) atoms. The zero-order chi connectivity index (χ0) is 24.4. The third-order valence-corrected chi connectivity index (χ3v) is 5.81. The number of aliphatic carboxylic acids is 1. The Balaban J connectivity index is 1.66. The molecule has 2 saturated heterocycles. The van der Waals surface area contributed by atoms with Gasteiger partial charge in [-0.25, -0.2) is 15.0 Å². The SMILES string of the molecule is CC(C)(C)OC(=O)N1CC(=O)N(NC2CCN(c3ccnc(CO)c3)CC2)C(C)(C(=O)O)C1. The first-order valence-corrected chi connectivity index (χ1v) is 11.0. The van der Waals surface area contributed by atoms with Crippen molar-refractivity contribution >= 4 is 23.7 Å². The number of nitrogens with one attached hydrogen (secondary N) is 1. The van der Waals surface area contributed by atoms with Crippen LogP contribution < -0.4 is 10.3 Å². The number of pyridine rings is 1. The number of hydrogen-bond donors (Lipinski definition) is 3. The van der Waals surface area contributed by atoms with Gasteiger partial charge in [0, 0.05) is 31.0 Å². The highest BCUT2D eigenvalue weighted by Crippen LogP contribution is 2.26. The van der Waals surface area contributed by atoms with Crippen LogP contribution in [-0.4, -0.2) is 86.4 Å². The van der Waals surface area contributed by atoms with Crippen molar-refractivity contribution in [3.05, 3.63) is 24.0 Å². The summed E-state index contributed by atoms with van der Waals surface area (Å²) < 4.78 is 5.33. The second kappa shape index (κ2) is 9.52. The number of hydrogen-bond acceptors (Lipinski definition) is 8. The maximum Gasteiger partial charge on any atom is 0.410 e. The van der Waals surface area contributed by atoms with E-state index in [9.17, 15) is 24.6 Å². The molecule has 0 spiro atoms. The Kier molecular flexibility index (Phi) is 7.13. The van der Waals surface area contributed by atoms with Crippen LogP contribution in [0.5, 0.6) is 0 Å². The van der Waals surface area contributed by atoms with Crippen molar-refractivity contribution in [3.8, 4) is 0 Å². The van der Waals surface area contributed by atoms with Crippen molar-refractivity contribution < 1.29 is 29.3 Å². The van der Waals surface area contributed by atoms with Crippen molar-refractivity contribution in [1.29, 1.82) is 0 Å². The lowest BCUT2D eigenvalue weighted by atomic mass is 9.97. The van der Waals surface area contributed by atoms with Gasteiger partial charge in [-0.15, -0.1) is 0 Å². The molecule has 2 amide bonds. The number of aliphatic hydroxyl groups is 1. The van der Waals surface area contributed by atoms with Gasteiger partial charge < -0.3 is 19.8 Å². The van der Waals surface area contributed by atoms with E-state index in [0.29, 0.717) is 31.6 Å². The van der Waals surface area contributed by atoms with E-state index in [1.54, 1.807) is 27.0 Å². The predicted molar refractivity (Wildman–Crippen MR) is 119 cm³/mol. The first-order valence-electron chi connectivity index (χ1n) is 11.0. The summed E-state index contributed by atoms with van der Waals surface area (Å²) in [4.78, 5) is 45.0. The minimum atomic E-state index is -1.63. The van der Waals surface area contributed by atoms with Crippen LogP contribution in [0.25, 0.3) is 0 Å². The van der Waals surface area contributed by atoms with Gasteiger partial charge in [-0.2, -0.15) is 0 Å². The fourth-order valence-electron chi connectivity index (χ4n) is 4.04. The molecule has 3 N–H and O–H groups in total. The number of aromatic nitrogens is 1. The molecule has 1 aromatic rings. The molecular weight excluding hydrogens is 430 g/mol. The van der Waals surface area contributed by atoms with Crippen LogP contribution in [0.1, 0.15) is 46.2 Å². The molecule has 1 unspecified atom stereocenters. The van der Waals surface area contributed by atoms with Crippen molar-refractivity contribution in [3.63, 3.8) is 0 Å². The zero-order valence-corrected chi connectivity index (χ0v) is 19.6. The van der Waals surface area contributed by atoms with Crippen LogP contribution in [0, 0.1) is 0 Å². The molecule has 1 atom stereocenters. The summed E-state index contributed by atoms with van der Waals surface area (Å²) in [6.45, 7) is 7.39. The van der Waals surface area contributed by atoms with Crippen molar-refractivity contribution in [1.82, 2.24) is 20.3 Å². The van der Waals surface area contributed by atoms with E-state index in [1.807, 2.05) is 12.1 Å². The third-order valence-electron chi connectivity index (χ3n) is 5.81. The van der Waals surface area contributed by atoms with E-state index >= 15 is 0 Å². The van der Waals surface area contributed by atoms with Crippen LogP contribution >= 0.6 is 0 Å². The number of aliphatic hydroxyl groups excluding tert-OH is 1. The quantitative estimate of drug-likeness (QED) is 0.583. The highest BCUT2D eigenvalue weighted by Gasteiger charge is 2.50. The molecule has 0 aromatic carbocycles. The second-order valence-electron chi connectivity index (χ2n) is 9.70. The fourth-order valence-corrected chi connectivity index (χ4v) is 4.04. The first kappa shape index (κ1) is 24.7. The molecule has 0 saturated carbocycles. The van der Waals surface area contributed by atoms with Crippen molar-refractivity contribution in [2.24, 2.45) is 0 Å². The molecule has 0 radical (unpaired) electrons. The largest absolute Gasteiger partial charge is 0.479 e. The number of rotatable bonds is 5. The summed E-state index contributed by atoms with van der Waals surface area (Å²) in [5, 5.41) is 20.4. The molecule has 11 heteroatoms. The number of ether oxygens (including phenoxy) is 1. The van der Waals surface area contributed by atoms with Gasteiger partial charge in [-0.05, 0) is 52.7 Å². The number of nitrogens with zero attached hydrogens (tertiary/aromatic N) is 4. The summed E-state index contributed by atoms with van der Waals surface area (Å²) in [6.07, 6.45) is 2.32. The molecular formula is C22H33N5O6. The second-order valence-corrected chi connectivity index (χ2v) is 9.70. The number of carbonyl (C=O) groups is 3. The summed E-state index contributed by atoms with van der Waals surface area (Å²) in [5.41, 5.74) is 2.30. The van der Waals surface area contributed by atoms with Gasteiger partial charge in [0.25, 0.3) is 5.91 Å². The topological polar surface area (TPSA) is 136 Å². The molecule has 0 bridgehead atoms. The van der Waals surface area contributed by atoms with Crippen molar-refractivity contribution in [2.75, 3.05) is 31.1 Å². The lowest BCUT2D eigenvalue weighted by Gasteiger charge is -2.47. The molecule has 1 aromatic heterocycles. The molecule has 2 aliphatic heterocycles. The Labute approximate surface area is 193 Å². The molecule has 3 heterocycles. The Morgan fingerprint density at radius 3 is 2.55 bits per heavy atom. The van der Waals surface area contributed by atoms with Gasteiger partial charge in [0.1, 0.15) is 12.1 Å². The summed E-state index contributed by atoms with van der Waals surface area (Å²) >= 11 is 0. The number of hydrazine groups is 1. The molecule has 2 aliphatic rings. The van der Waals surface area contributed by atoms with Crippen LogP contribution in [0.2, 0.25) is 0 Å². The smallest absolute Gasteiger partial charge is 0.410 e. The van der Waals surface area contributed by atoms with Gasteiger partial charge in [0.15, 0.2) is 5.54 Å². The van der Waals surface area contributed by atoms with Crippen LogP contribution in [-0.2, 0) is 20.9 Å². The predicted octanol–water partition coefficient (Wildman–Crippen LogP) is 0.970. The average Bonchev–Trinajstić information content (AvgIpc) is 2.75. The van der Waals surface area contributed by atoms with E-state index in [4.69, 9.17) is 4.74 Å². The number of anilines is 1. The van der Waals surface area contributed by atoms with E-state index in [0.717, 1.165) is 10.6 Å². The Morgan fingerprint density at radius 1 is 1.30 bits per heavy atom. The van der Waals surface area contributed by atoms with Crippen LogP contribution in [0.4, 0.5) is 10.5 Å². The van der Waals surface area contributed by atoms with E-state index < -0.39 is 29.1 Å².